The van der Waals surface area contributed by atoms with E-state index < -0.39 is 247 Å². The summed E-state index contributed by atoms with van der Waals surface area (Å²) in [5, 5.41) is 105. The second-order valence-corrected chi connectivity index (χ2v) is 36.1. The van der Waals surface area contributed by atoms with Crippen LogP contribution in [0, 0.1) is 34.0 Å². The summed E-state index contributed by atoms with van der Waals surface area (Å²) in [4.78, 5) is 255. The van der Waals surface area contributed by atoms with Gasteiger partial charge in [-0.1, -0.05) is 139 Å². The largest absolute Gasteiger partial charge is 0.481 e. The van der Waals surface area contributed by atoms with Gasteiger partial charge in [-0.2, -0.15) is 11.8 Å². The van der Waals surface area contributed by atoms with Gasteiger partial charge in [0.2, 0.25) is 88.6 Å². The molecule has 15 amide bonds. The number of benzene rings is 3. The van der Waals surface area contributed by atoms with Gasteiger partial charge in [-0.25, -0.2) is 4.79 Å². The molecule has 3 aromatic carbocycles. The molecule has 0 heterocycles. The van der Waals surface area contributed by atoms with E-state index in [0.717, 1.165) is 11.9 Å². The SMILES string of the molecule is CC[C@H](C)[C@H](NC(=O)[C@H](Cc1ccccc1)NC(=O)[C@H](CC(=O)O)N(C)C(=O)[C@H](CCCNC(=N)N)NC(=O)[C@H](Cc1ccccc1)NC(=O)[C@H](Cc1ccccc1)NC(=O)[C@H](CCCCN)NC(=O)[C@H](CO)NC(=O)[C@H](CC(C)C)NC(=O)[C@H](CCCNC(=N)N)NC(=O)[C@H](CCSC)NC(=O)[C@@H](N)CCC(=O)O)C(=O)N[C@@H](CC(C)C)C(=O)N[C@@H](CCC(N)=O)C(=O)N[C@@H](CCCNC(=N)N)C(=O)O. The molecule has 48 nitrogen and oxygen atoms in total. The zero-order valence-electron chi connectivity index (χ0n) is 81.1. The summed E-state index contributed by atoms with van der Waals surface area (Å²) in [5.74, 6) is -21.6. The van der Waals surface area contributed by atoms with Gasteiger partial charge >= 0.3 is 17.9 Å². The summed E-state index contributed by atoms with van der Waals surface area (Å²) in [5.41, 5.74) is 35.1. The fraction of sp³-hybridized carbons (Fsp3) is 0.576. The van der Waals surface area contributed by atoms with E-state index >= 15 is 28.8 Å². The van der Waals surface area contributed by atoms with Crippen molar-refractivity contribution in [2.24, 2.45) is 52.2 Å². The molecular weight excluding hydrogens is 1850 g/mol. The summed E-state index contributed by atoms with van der Waals surface area (Å²) >= 11 is 1.33. The number of aliphatic hydroxyl groups is 1. The van der Waals surface area contributed by atoms with E-state index in [-0.39, 0.29) is 147 Å². The molecule has 16 atom stereocenters. The van der Waals surface area contributed by atoms with Gasteiger partial charge in [0.25, 0.3) is 0 Å². The number of carbonyl (C=O) groups excluding carboxylic acids is 15. The Morgan fingerprint density at radius 2 is 0.716 bits per heavy atom. The number of hydrogen-bond acceptors (Lipinski definition) is 25. The summed E-state index contributed by atoms with van der Waals surface area (Å²) in [6.07, 6.45) is -2.03. The van der Waals surface area contributed by atoms with Crippen LogP contribution in [0.15, 0.2) is 91.0 Å². The molecule has 0 aliphatic rings. The third-order valence-corrected chi connectivity index (χ3v) is 23.1. The number of carboxylic acids is 3. The third-order valence-electron chi connectivity index (χ3n) is 22.5. The topological polar surface area (TPSA) is 812 Å². The van der Waals surface area contributed by atoms with Crippen molar-refractivity contribution in [1.29, 1.82) is 16.2 Å². The molecular formula is C92H146N26O22S. The van der Waals surface area contributed by atoms with Gasteiger partial charge in [0.15, 0.2) is 17.9 Å². The number of aliphatic carboxylic acids is 3. The van der Waals surface area contributed by atoms with Crippen LogP contribution in [-0.2, 0) is 106 Å². The molecule has 141 heavy (non-hydrogen) atoms. The molecule has 0 unspecified atom stereocenters. The first-order valence-corrected chi connectivity index (χ1v) is 48.2. The molecule has 0 saturated heterocycles. The lowest BCUT2D eigenvalue weighted by molar-refractivity contribution is -0.148. The van der Waals surface area contributed by atoms with Crippen molar-refractivity contribution in [3.63, 3.8) is 0 Å². The zero-order valence-corrected chi connectivity index (χ0v) is 81.9. The number of nitrogens with one attached hydrogen (secondary N) is 19. The minimum atomic E-state index is -2.02. The van der Waals surface area contributed by atoms with Gasteiger partial charge in [-0.05, 0) is 143 Å². The lowest BCUT2D eigenvalue weighted by Gasteiger charge is -2.33. The van der Waals surface area contributed by atoms with Gasteiger partial charge in [0, 0.05) is 58.8 Å². The third kappa shape index (κ3) is 47.6. The summed E-state index contributed by atoms with van der Waals surface area (Å²) in [7, 11) is 1.06. The predicted octanol–water partition coefficient (Wildman–Crippen LogP) is -4.34. The molecule has 0 fully saturated rings. The van der Waals surface area contributed by atoms with E-state index in [0.29, 0.717) is 28.9 Å². The highest BCUT2D eigenvalue weighted by atomic mass is 32.2. The van der Waals surface area contributed by atoms with Crippen molar-refractivity contribution in [3.8, 4) is 0 Å². The highest BCUT2D eigenvalue weighted by molar-refractivity contribution is 7.98. The highest BCUT2D eigenvalue weighted by Crippen LogP contribution is 2.20. The van der Waals surface area contributed by atoms with Crippen LogP contribution in [0.2, 0.25) is 0 Å². The molecule has 0 aliphatic heterocycles. The number of nitrogens with zero attached hydrogens (tertiary/aromatic N) is 1. The number of carboxylic acid groups (broad SMARTS) is 3. The van der Waals surface area contributed by atoms with Crippen molar-refractivity contribution in [2.45, 2.75) is 267 Å². The fourth-order valence-corrected chi connectivity index (χ4v) is 15.0. The Labute approximate surface area is 823 Å². The second kappa shape index (κ2) is 65.2. The van der Waals surface area contributed by atoms with Crippen LogP contribution in [0.3, 0.4) is 0 Å². The number of thioether (sulfide) groups is 1. The Morgan fingerprint density at radius 3 is 1.10 bits per heavy atom. The molecule has 3 aromatic rings. The molecule has 0 aromatic heterocycles. The number of rotatable bonds is 69. The van der Waals surface area contributed by atoms with Crippen LogP contribution in [0.1, 0.15) is 174 Å². The molecule has 782 valence electrons. The number of aliphatic hydroxyl groups excluding tert-OH is 1. The van der Waals surface area contributed by atoms with Crippen LogP contribution >= 0.6 is 11.8 Å². The zero-order chi connectivity index (χ0) is 106. The number of nitrogens with two attached hydrogens (primary N) is 6. The Bertz CT molecular complexity index is 4630. The first-order valence-electron chi connectivity index (χ1n) is 46.8. The van der Waals surface area contributed by atoms with E-state index in [1.807, 2.05) is 0 Å². The maximum absolute atomic E-state index is 15.4. The molecule has 0 saturated carbocycles. The van der Waals surface area contributed by atoms with Crippen molar-refractivity contribution in [2.75, 3.05) is 51.8 Å². The number of likely N-dealkylation sites (N-methyl/N-ethyl adjacent to an activating group) is 1. The van der Waals surface area contributed by atoms with Gasteiger partial charge < -0.3 is 145 Å². The second-order valence-electron chi connectivity index (χ2n) is 35.1. The van der Waals surface area contributed by atoms with Gasteiger partial charge in [0.05, 0.1) is 19.1 Å². The predicted molar refractivity (Wildman–Crippen MR) is 524 cm³/mol. The van der Waals surface area contributed by atoms with E-state index in [1.165, 1.54) is 11.8 Å². The van der Waals surface area contributed by atoms with E-state index in [9.17, 15) is 78.0 Å². The van der Waals surface area contributed by atoms with Gasteiger partial charge in [0.1, 0.15) is 84.6 Å². The van der Waals surface area contributed by atoms with E-state index in [2.05, 4.69) is 85.1 Å². The number of guanidine groups is 3. The van der Waals surface area contributed by atoms with Crippen molar-refractivity contribution < 1.29 is 107 Å². The summed E-state index contributed by atoms with van der Waals surface area (Å²) in [6, 6.07) is 0.761. The first-order chi connectivity index (χ1) is 66.7. The molecule has 49 heteroatoms. The number of primary amides is 1. The fourth-order valence-electron chi connectivity index (χ4n) is 14.6. The number of carbonyl (C=O) groups is 18. The average Bonchev–Trinajstić information content (AvgIpc) is 0.820. The van der Waals surface area contributed by atoms with Crippen LogP contribution < -0.4 is 119 Å². The minimum Gasteiger partial charge on any atom is -0.481 e. The summed E-state index contributed by atoms with van der Waals surface area (Å²) < 4.78 is 0. The van der Waals surface area contributed by atoms with Crippen LogP contribution in [0.5, 0.6) is 0 Å². The van der Waals surface area contributed by atoms with Crippen molar-refractivity contribution >= 4 is 136 Å². The van der Waals surface area contributed by atoms with Crippen molar-refractivity contribution in [3.05, 3.63) is 108 Å². The standard InChI is InChI=1S/C92H146N26O22S/c1-9-53(6)74(87(137)115-65(45-52(4)5)80(130)108-60(35-36-71(95)120)78(128)110-63(89(139)140)33-23-42-104-92(100)101)117-84(134)68(48-56-28-17-12-18-29-56)114-86(136)70(49-73(123)124)118(7)88(138)62(32-22-41-103-91(98)99)109-82(132)66(46-54-24-13-10-14-25-54)113-83(133)67(47-55-26-15-11-16-27-55)112-76(126)58(30-19-20-39-93)107-85(135)69(50-119)116-81(131)64(44-51(2)3)111-77(127)59(31-21-40-102-90(96)97)106-79(129)61(38-43-141-8)105-75(125)57(94)34-37-72(121)122/h10-18,24-29,51-53,57-70,74,119H,9,19-23,30-50,93-94H2,1-8H3,(H2,95,120)(H,105,125)(H,106,129)(H,107,135)(H,108,130)(H,109,132)(H,110,128)(H,111,127)(H,112,126)(H,113,133)(H,114,136)(H,115,137)(H,116,131)(H,117,134)(H,121,122)(H,123,124)(H,139,140)(H4,96,97,102)(H4,98,99,103)(H4,100,101,104)/t53-,57-,58-,59-,60-,61-,62-,63-,64-,65-,66-,67-,68-,69-,70-,74-/m0/s1. The Morgan fingerprint density at radius 1 is 0.383 bits per heavy atom. The van der Waals surface area contributed by atoms with Gasteiger partial charge in [-0.15, -0.1) is 0 Å². The quantitative estimate of drug-likeness (QED) is 0.0144. The Kier molecular flexibility index (Phi) is 56.1. The molecule has 3 rings (SSSR count). The molecule has 0 spiro atoms. The maximum Gasteiger partial charge on any atom is 0.326 e. The summed E-state index contributed by atoms with van der Waals surface area (Å²) in [6.45, 7) is 9.18. The molecule has 0 aliphatic carbocycles. The van der Waals surface area contributed by atoms with Gasteiger partial charge in [-0.3, -0.25) is 97.7 Å². The number of unbranched alkanes of at least 4 members (excludes halogenated alkanes) is 1. The number of hydrogen-bond donors (Lipinski definition) is 29. The van der Waals surface area contributed by atoms with Crippen LogP contribution in [0.4, 0.5) is 0 Å². The minimum absolute atomic E-state index is 0.0359. The lowest BCUT2D eigenvalue weighted by Crippen LogP contribution is -2.62. The van der Waals surface area contributed by atoms with Crippen molar-refractivity contribution in [1.82, 2.24) is 90.0 Å². The van der Waals surface area contributed by atoms with E-state index in [1.54, 1.807) is 139 Å². The first kappa shape index (κ1) is 121. The van der Waals surface area contributed by atoms with E-state index in [4.69, 9.17) is 50.6 Å². The van der Waals surface area contributed by atoms with Crippen LogP contribution in [-0.4, -0.2) is 292 Å². The Hall–Kier alpha value is -13.8. The normalized spacial score (nSPS) is 14.5. The molecule has 0 bridgehead atoms. The monoisotopic (exact) mass is 2000 g/mol. The smallest absolute Gasteiger partial charge is 0.326 e. The molecule has 0 radical (unpaired) electrons. The average molecular weight is 2000 g/mol. The Balaban J connectivity index is 2.12. The maximum atomic E-state index is 15.4. The van der Waals surface area contributed by atoms with Crippen LogP contribution in [0.25, 0.3) is 0 Å². The lowest BCUT2D eigenvalue weighted by atomic mass is 9.95. The molecule has 35 N–H and O–H groups in total. The number of amides is 15. The highest BCUT2D eigenvalue weighted by Gasteiger charge is 2.42.